The molecule has 0 aliphatic heterocycles. The van der Waals surface area contributed by atoms with Crippen LogP contribution in [-0.2, 0) is 6.54 Å². The van der Waals surface area contributed by atoms with E-state index in [1.807, 2.05) is 10.9 Å². The molecule has 3 rings (SSSR count). The summed E-state index contributed by atoms with van der Waals surface area (Å²) in [7, 11) is 0. The second-order valence-corrected chi connectivity index (χ2v) is 5.06. The molecule has 0 fully saturated rings. The van der Waals surface area contributed by atoms with Crippen LogP contribution in [0.25, 0.3) is 10.8 Å². The lowest BCUT2D eigenvalue weighted by atomic mass is 10.1. The lowest BCUT2D eigenvalue weighted by molar-refractivity contribution is 0.658. The van der Waals surface area contributed by atoms with Gasteiger partial charge in [0.15, 0.2) is 0 Å². The van der Waals surface area contributed by atoms with Gasteiger partial charge in [0.05, 0.1) is 12.2 Å². The summed E-state index contributed by atoms with van der Waals surface area (Å²) in [5.41, 5.74) is 2.35. The highest BCUT2D eigenvalue weighted by molar-refractivity contribution is 5.85. The fourth-order valence-corrected chi connectivity index (χ4v) is 2.39. The van der Waals surface area contributed by atoms with E-state index in [4.69, 9.17) is 0 Å². The number of hydrogen-bond acceptors (Lipinski definition) is 2. The van der Waals surface area contributed by atoms with Gasteiger partial charge in [-0.1, -0.05) is 30.3 Å². The van der Waals surface area contributed by atoms with Crippen molar-refractivity contribution in [2.24, 2.45) is 0 Å². The largest absolute Gasteiger partial charge is 0.378 e. The van der Waals surface area contributed by atoms with Gasteiger partial charge in [0.2, 0.25) is 0 Å². The molecule has 20 heavy (non-hydrogen) atoms. The van der Waals surface area contributed by atoms with E-state index < -0.39 is 0 Å². The van der Waals surface area contributed by atoms with Gasteiger partial charge < -0.3 is 5.32 Å². The van der Waals surface area contributed by atoms with Gasteiger partial charge in [-0.3, -0.25) is 4.68 Å². The van der Waals surface area contributed by atoms with Crippen LogP contribution in [0.5, 0.6) is 0 Å². The average Bonchev–Trinajstić information content (AvgIpc) is 2.96. The lowest BCUT2D eigenvalue weighted by Crippen LogP contribution is -2.05. The Labute approximate surface area is 119 Å². The van der Waals surface area contributed by atoms with Crippen molar-refractivity contribution in [3.8, 4) is 0 Å². The topological polar surface area (TPSA) is 29.9 Å². The van der Waals surface area contributed by atoms with E-state index in [2.05, 4.69) is 72.9 Å². The van der Waals surface area contributed by atoms with Crippen molar-refractivity contribution < 1.29 is 0 Å². The van der Waals surface area contributed by atoms with Crippen LogP contribution in [0.3, 0.4) is 0 Å². The molecule has 102 valence electrons. The maximum atomic E-state index is 4.32. The Morgan fingerprint density at radius 3 is 2.70 bits per heavy atom. The number of anilines is 1. The first kappa shape index (κ1) is 12.7. The Kier molecular flexibility index (Phi) is 3.42. The second kappa shape index (κ2) is 5.37. The Morgan fingerprint density at radius 2 is 1.95 bits per heavy atom. The van der Waals surface area contributed by atoms with Crippen molar-refractivity contribution in [3.63, 3.8) is 0 Å². The number of aryl methyl sites for hydroxylation is 1. The van der Waals surface area contributed by atoms with Crippen LogP contribution in [0.1, 0.15) is 25.5 Å². The number of benzene rings is 2. The quantitative estimate of drug-likeness (QED) is 0.765. The van der Waals surface area contributed by atoms with Crippen LogP contribution in [0.2, 0.25) is 0 Å². The Morgan fingerprint density at radius 1 is 1.15 bits per heavy atom. The normalized spacial score (nSPS) is 12.5. The SMILES string of the molecule is CCn1cc(C(C)Nc2ccc3ccccc3c2)cn1. The third kappa shape index (κ3) is 2.52. The van der Waals surface area contributed by atoms with E-state index in [0.29, 0.717) is 0 Å². The zero-order chi connectivity index (χ0) is 13.9. The molecule has 0 amide bonds. The van der Waals surface area contributed by atoms with E-state index in [9.17, 15) is 0 Å². The van der Waals surface area contributed by atoms with Gasteiger partial charge in [-0.15, -0.1) is 0 Å². The Hall–Kier alpha value is -2.29. The predicted octanol–water partition coefficient (Wildman–Crippen LogP) is 4.23. The van der Waals surface area contributed by atoms with Gasteiger partial charge in [0, 0.05) is 24.0 Å². The molecule has 0 saturated heterocycles. The minimum atomic E-state index is 0.247. The van der Waals surface area contributed by atoms with Crippen LogP contribution in [0.4, 0.5) is 5.69 Å². The van der Waals surface area contributed by atoms with Crippen LogP contribution in [-0.4, -0.2) is 9.78 Å². The highest BCUT2D eigenvalue weighted by Crippen LogP contribution is 2.23. The van der Waals surface area contributed by atoms with Crippen molar-refractivity contribution in [2.45, 2.75) is 26.4 Å². The van der Waals surface area contributed by atoms with Crippen molar-refractivity contribution in [1.82, 2.24) is 9.78 Å². The summed E-state index contributed by atoms with van der Waals surface area (Å²) in [4.78, 5) is 0. The van der Waals surface area contributed by atoms with Crippen LogP contribution in [0.15, 0.2) is 54.9 Å². The minimum absolute atomic E-state index is 0.247. The molecule has 1 N–H and O–H groups in total. The van der Waals surface area contributed by atoms with Gasteiger partial charge in [-0.05, 0) is 36.8 Å². The first-order valence-electron chi connectivity index (χ1n) is 7.04. The van der Waals surface area contributed by atoms with Crippen LogP contribution in [0, 0.1) is 0 Å². The zero-order valence-corrected chi connectivity index (χ0v) is 11.9. The molecule has 0 aliphatic carbocycles. The minimum Gasteiger partial charge on any atom is -0.378 e. The second-order valence-electron chi connectivity index (χ2n) is 5.06. The molecule has 0 aliphatic rings. The molecule has 1 unspecified atom stereocenters. The van der Waals surface area contributed by atoms with Gasteiger partial charge in [0.1, 0.15) is 0 Å². The summed E-state index contributed by atoms with van der Waals surface area (Å²) in [5, 5.41) is 10.4. The van der Waals surface area contributed by atoms with Crippen molar-refractivity contribution >= 4 is 16.5 Å². The van der Waals surface area contributed by atoms with E-state index in [0.717, 1.165) is 12.2 Å². The number of nitrogens with zero attached hydrogens (tertiary/aromatic N) is 2. The number of nitrogens with one attached hydrogen (secondary N) is 1. The highest BCUT2D eigenvalue weighted by atomic mass is 15.3. The van der Waals surface area contributed by atoms with Gasteiger partial charge in [-0.2, -0.15) is 5.10 Å². The Balaban J connectivity index is 1.81. The standard InChI is InChI=1S/C17H19N3/c1-3-20-12-16(11-18-20)13(2)19-17-9-8-14-6-4-5-7-15(14)10-17/h4-13,19H,3H2,1-2H3. The summed E-state index contributed by atoms with van der Waals surface area (Å²) in [6, 6.07) is 15.1. The molecule has 2 aromatic carbocycles. The smallest absolute Gasteiger partial charge is 0.0542 e. The summed E-state index contributed by atoms with van der Waals surface area (Å²) >= 11 is 0. The zero-order valence-electron chi connectivity index (χ0n) is 11.9. The summed E-state index contributed by atoms with van der Waals surface area (Å²) in [6.07, 6.45) is 4.03. The number of fused-ring (bicyclic) bond motifs is 1. The van der Waals surface area contributed by atoms with Crippen molar-refractivity contribution in [2.75, 3.05) is 5.32 Å². The summed E-state index contributed by atoms with van der Waals surface area (Å²) < 4.78 is 1.95. The third-order valence-electron chi connectivity index (χ3n) is 3.61. The number of aromatic nitrogens is 2. The van der Waals surface area contributed by atoms with E-state index in [-0.39, 0.29) is 6.04 Å². The molecule has 3 heteroatoms. The molecular weight excluding hydrogens is 246 g/mol. The van der Waals surface area contributed by atoms with Crippen LogP contribution < -0.4 is 5.32 Å². The summed E-state index contributed by atoms with van der Waals surface area (Å²) in [5.74, 6) is 0. The Bertz CT molecular complexity index is 715. The molecule has 1 aromatic heterocycles. The first-order chi connectivity index (χ1) is 9.76. The van der Waals surface area contributed by atoms with E-state index >= 15 is 0 Å². The lowest BCUT2D eigenvalue weighted by Gasteiger charge is -2.14. The predicted molar refractivity (Wildman–Crippen MR) is 83.9 cm³/mol. The molecule has 3 aromatic rings. The fourth-order valence-electron chi connectivity index (χ4n) is 2.39. The molecule has 0 saturated carbocycles. The average molecular weight is 265 g/mol. The molecule has 0 bridgehead atoms. The van der Waals surface area contributed by atoms with Crippen molar-refractivity contribution in [3.05, 3.63) is 60.4 Å². The number of hydrogen-bond donors (Lipinski definition) is 1. The molecule has 0 spiro atoms. The molecule has 1 atom stereocenters. The maximum absolute atomic E-state index is 4.32. The monoisotopic (exact) mass is 265 g/mol. The van der Waals surface area contributed by atoms with Gasteiger partial charge >= 0.3 is 0 Å². The first-order valence-corrected chi connectivity index (χ1v) is 7.04. The third-order valence-corrected chi connectivity index (χ3v) is 3.61. The van der Waals surface area contributed by atoms with E-state index in [1.165, 1.54) is 16.3 Å². The van der Waals surface area contributed by atoms with Crippen molar-refractivity contribution in [1.29, 1.82) is 0 Å². The van der Waals surface area contributed by atoms with E-state index in [1.54, 1.807) is 0 Å². The van der Waals surface area contributed by atoms with Gasteiger partial charge in [-0.25, -0.2) is 0 Å². The fraction of sp³-hybridized carbons (Fsp3) is 0.235. The van der Waals surface area contributed by atoms with Crippen LogP contribution >= 0.6 is 0 Å². The molecule has 3 nitrogen and oxygen atoms in total. The van der Waals surface area contributed by atoms with Gasteiger partial charge in [0.25, 0.3) is 0 Å². The molecule has 1 heterocycles. The molecular formula is C17H19N3. The number of rotatable bonds is 4. The molecule has 0 radical (unpaired) electrons. The maximum Gasteiger partial charge on any atom is 0.0542 e. The highest BCUT2D eigenvalue weighted by Gasteiger charge is 2.08. The summed E-state index contributed by atoms with van der Waals surface area (Å²) in [6.45, 7) is 5.16.